The highest BCUT2D eigenvalue weighted by Gasteiger charge is 2.13. The second kappa shape index (κ2) is 2.70. The van der Waals surface area contributed by atoms with Gasteiger partial charge in [-0.15, -0.1) is 0 Å². The van der Waals surface area contributed by atoms with Gasteiger partial charge < -0.3 is 5.73 Å². The molecule has 1 heterocycles. The van der Waals surface area contributed by atoms with Crippen molar-refractivity contribution < 1.29 is 4.79 Å². The number of aromatic nitrogens is 1. The summed E-state index contributed by atoms with van der Waals surface area (Å²) in [4.78, 5) is 10.9. The number of carbonyl (C=O) groups is 1. The van der Waals surface area contributed by atoms with Crippen LogP contribution in [0.25, 0.3) is 0 Å². The van der Waals surface area contributed by atoms with Crippen molar-refractivity contribution in [2.75, 3.05) is 0 Å². The van der Waals surface area contributed by atoms with Crippen LogP contribution in [0.1, 0.15) is 21.7 Å². The minimum absolute atomic E-state index is 0.273. The van der Waals surface area contributed by atoms with E-state index in [9.17, 15) is 4.79 Å². The highest BCUT2D eigenvalue weighted by Crippen LogP contribution is 2.12. The first-order chi connectivity index (χ1) is 5.57. The molecule has 0 aliphatic rings. The van der Waals surface area contributed by atoms with Crippen molar-refractivity contribution in [2.45, 2.75) is 13.8 Å². The SMILES string of the molecule is Cc1cc(C)n(C#N)c1C(N)=O. The van der Waals surface area contributed by atoms with Gasteiger partial charge in [-0.05, 0) is 25.5 Å². The fourth-order valence-electron chi connectivity index (χ4n) is 1.23. The Hall–Kier alpha value is -1.76. The number of nitrogens with zero attached hydrogens (tertiary/aromatic N) is 2. The third-order valence-corrected chi connectivity index (χ3v) is 1.71. The molecule has 62 valence electrons. The van der Waals surface area contributed by atoms with E-state index in [0.717, 1.165) is 11.3 Å². The number of nitrogens with two attached hydrogens (primary N) is 1. The first kappa shape index (κ1) is 8.34. The van der Waals surface area contributed by atoms with Gasteiger partial charge in [-0.1, -0.05) is 0 Å². The summed E-state index contributed by atoms with van der Waals surface area (Å²) in [6.45, 7) is 3.50. The van der Waals surface area contributed by atoms with Crippen molar-refractivity contribution >= 4 is 5.91 Å². The minimum atomic E-state index is -0.567. The fraction of sp³-hybridized carbons (Fsp3) is 0.250. The van der Waals surface area contributed by atoms with Crippen molar-refractivity contribution in [3.8, 4) is 6.19 Å². The van der Waals surface area contributed by atoms with Gasteiger partial charge in [-0.25, -0.2) is 4.57 Å². The quantitative estimate of drug-likeness (QED) is 0.656. The molecule has 4 nitrogen and oxygen atoms in total. The smallest absolute Gasteiger partial charge is 0.266 e. The summed E-state index contributed by atoms with van der Waals surface area (Å²) < 4.78 is 1.23. The third kappa shape index (κ3) is 1.05. The molecule has 1 rings (SSSR count). The van der Waals surface area contributed by atoms with E-state index >= 15 is 0 Å². The maximum Gasteiger partial charge on any atom is 0.266 e. The van der Waals surface area contributed by atoms with Gasteiger partial charge in [0.25, 0.3) is 5.91 Å². The zero-order chi connectivity index (χ0) is 9.30. The van der Waals surface area contributed by atoms with Crippen LogP contribution in [0.4, 0.5) is 0 Å². The van der Waals surface area contributed by atoms with Crippen LogP contribution >= 0.6 is 0 Å². The normalized spacial score (nSPS) is 9.42. The number of hydrogen-bond acceptors (Lipinski definition) is 2. The van der Waals surface area contributed by atoms with E-state index in [2.05, 4.69) is 0 Å². The van der Waals surface area contributed by atoms with Crippen LogP contribution < -0.4 is 5.73 Å². The van der Waals surface area contributed by atoms with Crippen molar-refractivity contribution in [3.05, 3.63) is 23.0 Å². The summed E-state index contributed by atoms with van der Waals surface area (Å²) in [6, 6.07) is 1.75. The zero-order valence-corrected chi connectivity index (χ0v) is 6.96. The van der Waals surface area contributed by atoms with Gasteiger partial charge in [-0.3, -0.25) is 4.79 Å². The Kier molecular flexibility index (Phi) is 1.88. The van der Waals surface area contributed by atoms with E-state index in [1.807, 2.05) is 6.19 Å². The highest BCUT2D eigenvalue weighted by atomic mass is 16.1. The molecule has 0 bridgehead atoms. The number of hydrogen-bond donors (Lipinski definition) is 1. The van der Waals surface area contributed by atoms with Crippen molar-refractivity contribution in [2.24, 2.45) is 5.73 Å². The number of aryl methyl sites for hydroxylation is 2. The Morgan fingerprint density at radius 1 is 1.67 bits per heavy atom. The second-order valence-electron chi connectivity index (χ2n) is 2.62. The molecule has 12 heavy (non-hydrogen) atoms. The number of primary amides is 1. The van der Waals surface area contributed by atoms with Gasteiger partial charge in [0.15, 0.2) is 6.19 Å². The van der Waals surface area contributed by atoms with E-state index < -0.39 is 5.91 Å². The molecule has 1 aromatic heterocycles. The topological polar surface area (TPSA) is 71.8 Å². The largest absolute Gasteiger partial charge is 0.364 e. The van der Waals surface area contributed by atoms with Crippen molar-refractivity contribution in [1.29, 1.82) is 5.26 Å². The Bertz CT molecular complexity index is 370. The fourth-order valence-corrected chi connectivity index (χ4v) is 1.23. The number of rotatable bonds is 1. The lowest BCUT2D eigenvalue weighted by atomic mass is 10.2. The van der Waals surface area contributed by atoms with Crippen LogP contribution in [-0.4, -0.2) is 10.5 Å². The molecule has 0 fully saturated rings. The van der Waals surface area contributed by atoms with Crippen LogP contribution in [0, 0.1) is 25.3 Å². The number of nitriles is 1. The minimum Gasteiger partial charge on any atom is -0.364 e. The second-order valence-corrected chi connectivity index (χ2v) is 2.62. The van der Waals surface area contributed by atoms with Crippen LogP contribution in [0.3, 0.4) is 0 Å². The molecular weight excluding hydrogens is 154 g/mol. The molecule has 2 N–H and O–H groups in total. The molecule has 0 saturated carbocycles. The van der Waals surface area contributed by atoms with Gasteiger partial charge in [0.05, 0.1) is 0 Å². The lowest BCUT2D eigenvalue weighted by Crippen LogP contribution is -2.16. The van der Waals surface area contributed by atoms with E-state index in [1.54, 1.807) is 19.9 Å². The standard InChI is InChI=1S/C8H9N3O/c1-5-3-6(2)11(4-9)7(5)8(10)12/h3H,1-2H3,(H2,10,12). The predicted molar refractivity (Wildman–Crippen MR) is 43.4 cm³/mol. The van der Waals surface area contributed by atoms with E-state index in [4.69, 9.17) is 11.0 Å². The molecule has 0 saturated heterocycles. The zero-order valence-electron chi connectivity index (χ0n) is 6.96. The highest BCUT2D eigenvalue weighted by molar-refractivity contribution is 5.93. The Labute approximate surface area is 70.2 Å². The predicted octanol–water partition coefficient (Wildman–Crippen LogP) is 0.533. The molecule has 0 aromatic carbocycles. The maximum atomic E-state index is 10.9. The van der Waals surface area contributed by atoms with Crippen LogP contribution in [0.15, 0.2) is 6.07 Å². The maximum absolute atomic E-state index is 10.9. The number of carbonyl (C=O) groups excluding carboxylic acids is 1. The Morgan fingerprint density at radius 2 is 2.25 bits per heavy atom. The Morgan fingerprint density at radius 3 is 2.58 bits per heavy atom. The third-order valence-electron chi connectivity index (χ3n) is 1.71. The summed E-state index contributed by atoms with van der Waals surface area (Å²) in [5, 5.41) is 8.67. The van der Waals surface area contributed by atoms with Crippen LogP contribution in [-0.2, 0) is 0 Å². The first-order valence-corrected chi connectivity index (χ1v) is 3.46. The van der Waals surface area contributed by atoms with E-state index in [-0.39, 0.29) is 5.69 Å². The summed E-state index contributed by atoms with van der Waals surface area (Å²) in [5.74, 6) is -0.567. The average molecular weight is 163 g/mol. The summed E-state index contributed by atoms with van der Waals surface area (Å²) in [7, 11) is 0. The van der Waals surface area contributed by atoms with Gasteiger partial charge in [-0.2, -0.15) is 5.26 Å². The monoisotopic (exact) mass is 163 g/mol. The molecule has 0 aliphatic heterocycles. The van der Waals surface area contributed by atoms with Gasteiger partial charge in [0.2, 0.25) is 0 Å². The van der Waals surface area contributed by atoms with Crippen LogP contribution in [0.5, 0.6) is 0 Å². The average Bonchev–Trinajstić information content (AvgIpc) is 2.24. The van der Waals surface area contributed by atoms with Gasteiger partial charge in [0, 0.05) is 5.69 Å². The van der Waals surface area contributed by atoms with Crippen molar-refractivity contribution in [3.63, 3.8) is 0 Å². The molecule has 0 radical (unpaired) electrons. The molecule has 0 atom stereocenters. The Balaban J connectivity index is 3.45. The van der Waals surface area contributed by atoms with Gasteiger partial charge in [0.1, 0.15) is 5.69 Å². The molecular formula is C8H9N3O. The van der Waals surface area contributed by atoms with Gasteiger partial charge >= 0.3 is 0 Å². The first-order valence-electron chi connectivity index (χ1n) is 3.46. The molecule has 4 heteroatoms. The lowest BCUT2D eigenvalue weighted by molar-refractivity contribution is 0.0993. The molecule has 1 aromatic rings. The van der Waals surface area contributed by atoms with E-state index in [1.165, 1.54) is 4.57 Å². The summed E-state index contributed by atoms with van der Waals surface area (Å²) in [6.07, 6.45) is 1.88. The van der Waals surface area contributed by atoms with Crippen molar-refractivity contribution in [1.82, 2.24) is 4.57 Å². The van der Waals surface area contributed by atoms with Crippen LogP contribution in [0.2, 0.25) is 0 Å². The summed E-state index contributed by atoms with van der Waals surface area (Å²) >= 11 is 0. The molecule has 0 spiro atoms. The summed E-state index contributed by atoms with van der Waals surface area (Å²) in [5.41, 5.74) is 6.83. The molecule has 0 unspecified atom stereocenters. The molecule has 0 aliphatic carbocycles. The molecule has 1 amide bonds. The van der Waals surface area contributed by atoms with E-state index in [0.29, 0.717) is 0 Å². The number of amides is 1. The lowest BCUT2D eigenvalue weighted by Gasteiger charge is -1.97.